The van der Waals surface area contributed by atoms with Crippen LogP contribution in [0.4, 0.5) is 5.69 Å². The Morgan fingerprint density at radius 2 is 1.76 bits per heavy atom. The standard InChI is InChI=1S/C25H33N5O2S/c1-15(2)19-9-7-8-10-21(19)27-24(31)18(6)33-25-29-28-23(30(25)26)14-32-22-13-17(5)11-12-20(22)16(3)4/h7-13,15-16,18H,14,26H2,1-6H3,(H,27,31). The number of nitrogen functional groups attached to an aromatic ring is 1. The van der Waals surface area contributed by atoms with E-state index in [4.69, 9.17) is 10.6 Å². The van der Waals surface area contributed by atoms with Crippen molar-refractivity contribution in [1.29, 1.82) is 0 Å². The summed E-state index contributed by atoms with van der Waals surface area (Å²) in [4.78, 5) is 12.8. The lowest BCUT2D eigenvalue weighted by Gasteiger charge is -2.16. The zero-order chi connectivity index (χ0) is 24.1. The molecule has 1 atom stereocenters. The van der Waals surface area contributed by atoms with E-state index in [1.165, 1.54) is 16.4 Å². The summed E-state index contributed by atoms with van der Waals surface area (Å²) in [7, 11) is 0. The van der Waals surface area contributed by atoms with Gasteiger partial charge in [-0.2, -0.15) is 0 Å². The highest BCUT2D eigenvalue weighted by Gasteiger charge is 2.21. The Morgan fingerprint density at radius 1 is 1.06 bits per heavy atom. The quantitative estimate of drug-likeness (QED) is 0.330. The van der Waals surface area contributed by atoms with Crippen LogP contribution in [0.3, 0.4) is 0 Å². The molecule has 0 saturated carbocycles. The number of hydrogen-bond acceptors (Lipinski definition) is 6. The summed E-state index contributed by atoms with van der Waals surface area (Å²) in [6.45, 7) is 12.5. The third-order valence-electron chi connectivity index (χ3n) is 5.38. The number of carbonyl (C=O) groups excluding carboxylic acids is 1. The van der Waals surface area contributed by atoms with Gasteiger partial charge in [0.1, 0.15) is 12.4 Å². The van der Waals surface area contributed by atoms with Crippen molar-refractivity contribution in [2.75, 3.05) is 11.2 Å². The van der Waals surface area contributed by atoms with E-state index in [2.05, 4.69) is 55.3 Å². The number of amides is 1. The molecule has 3 rings (SSSR count). The highest BCUT2D eigenvalue weighted by Crippen LogP contribution is 2.29. The Balaban J connectivity index is 1.65. The van der Waals surface area contributed by atoms with Crippen molar-refractivity contribution >= 4 is 23.4 Å². The lowest BCUT2D eigenvalue weighted by molar-refractivity contribution is -0.115. The minimum atomic E-state index is -0.408. The van der Waals surface area contributed by atoms with Crippen LogP contribution in [0.1, 0.15) is 69.0 Å². The maximum atomic E-state index is 12.8. The van der Waals surface area contributed by atoms with Crippen molar-refractivity contribution in [3.8, 4) is 5.75 Å². The van der Waals surface area contributed by atoms with Gasteiger partial charge in [0.05, 0.1) is 5.25 Å². The van der Waals surface area contributed by atoms with Gasteiger partial charge in [0.15, 0.2) is 5.82 Å². The lowest BCUT2D eigenvalue weighted by atomic mass is 10.0. The Morgan fingerprint density at radius 3 is 2.45 bits per heavy atom. The molecule has 2 aromatic carbocycles. The van der Waals surface area contributed by atoms with Crippen molar-refractivity contribution in [2.24, 2.45) is 0 Å². The summed E-state index contributed by atoms with van der Waals surface area (Å²) in [5, 5.41) is 11.4. The van der Waals surface area contributed by atoms with Gasteiger partial charge in [0.2, 0.25) is 11.1 Å². The molecule has 0 bridgehead atoms. The highest BCUT2D eigenvalue weighted by atomic mass is 32.2. The van der Waals surface area contributed by atoms with Gasteiger partial charge in [-0.25, -0.2) is 4.68 Å². The minimum absolute atomic E-state index is 0.116. The second kappa shape index (κ2) is 10.7. The van der Waals surface area contributed by atoms with Gasteiger partial charge in [-0.1, -0.05) is 69.8 Å². The monoisotopic (exact) mass is 467 g/mol. The van der Waals surface area contributed by atoms with E-state index in [0.717, 1.165) is 28.1 Å². The van der Waals surface area contributed by atoms with E-state index in [-0.39, 0.29) is 12.5 Å². The van der Waals surface area contributed by atoms with Crippen LogP contribution in [-0.4, -0.2) is 26.0 Å². The molecule has 176 valence electrons. The van der Waals surface area contributed by atoms with E-state index in [1.54, 1.807) is 0 Å². The van der Waals surface area contributed by atoms with E-state index < -0.39 is 5.25 Å². The van der Waals surface area contributed by atoms with Crippen molar-refractivity contribution in [3.05, 3.63) is 65.0 Å². The van der Waals surface area contributed by atoms with Gasteiger partial charge in [-0.15, -0.1) is 10.2 Å². The van der Waals surface area contributed by atoms with Crippen LogP contribution in [-0.2, 0) is 11.4 Å². The maximum absolute atomic E-state index is 12.8. The van der Waals surface area contributed by atoms with E-state index in [0.29, 0.717) is 22.8 Å². The summed E-state index contributed by atoms with van der Waals surface area (Å²) in [5.74, 6) is 8.06. The molecule has 0 saturated heterocycles. The Kier molecular flexibility index (Phi) is 8.02. The molecule has 0 radical (unpaired) electrons. The number of aryl methyl sites for hydroxylation is 1. The first-order chi connectivity index (χ1) is 15.7. The fraction of sp³-hybridized carbons (Fsp3) is 0.400. The number of benzene rings is 2. The van der Waals surface area contributed by atoms with E-state index in [9.17, 15) is 4.79 Å². The van der Waals surface area contributed by atoms with Gasteiger partial charge < -0.3 is 15.9 Å². The second-order valence-corrected chi connectivity index (χ2v) is 10.1. The van der Waals surface area contributed by atoms with Crippen molar-refractivity contribution in [2.45, 2.75) is 70.4 Å². The zero-order valence-corrected chi connectivity index (χ0v) is 20.9. The molecular weight excluding hydrogens is 434 g/mol. The number of thioether (sulfide) groups is 1. The van der Waals surface area contributed by atoms with Crippen LogP contribution >= 0.6 is 11.8 Å². The first-order valence-electron chi connectivity index (χ1n) is 11.2. The molecule has 0 spiro atoms. The number of hydrogen-bond donors (Lipinski definition) is 2. The molecule has 3 N–H and O–H groups in total. The third kappa shape index (κ3) is 6.07. The molecule has 7 nitrogen and oxygen atoms in total. The number of nitrogens with one attached hydrogen (secondary N) is 1. The van der Waals surface area contributed by atoms with Gasteiger partial charge in [0, 0.05) is 5.69 Å². The molecule has 33 heavy (non-hydrogen) atoms. The van der Waals surface area contributed by atoms with Crippen molar-refractivity contribution < 1.29 is 9.53 Å². The summed E-state index contributed by atoms with van der Waals surface area (Å²) >= 11 is 1.26. The normalized spacial score (nSPS) is 12.2. The molecule has 1 aromatic heterocycles. The first kappa shape index (κ1) is 24.6. The maximum Gasteiger partial charge on any atom is 0.237 e. The molecule has 0 aliphatic heterocycles. The SMILES string of the molecule is Cc1ccc(C(C)C)c(OCc2nnc(SC(C)C(=O)Nc3ccccc3C(C)C)n2N)c1. The minimum Gasteiger partial charge on any atom is -0.485 e. The van der Waals surface area contributed by atoms with Crippen LogP contribution in [0.5, 0.6) is 5.75 Å². The number of rotatable bonds is 9. The average Bonchev–Trinajstić information content (AvgIpc) is 3.11. The predicted octanol–water partition coefficient (Wildman–Crippen LogP) is 5.25. The average molecular weight is 468 g/mol. The highest BCUT2D eigenvalue weighted by molar-refractivity contribution is 8.00. The molecule has 0 aliphatic rings. The fourth-order valence-electron chi connectivity index (χ4n) is 3.43. The smallest absolute Gasteiger partial charge is 0.237 e. The molecule has 1 amide bonds. The number of nitrogens with two attached hydrogens (primary N) is 1. The zero-order valence-electron chi connectivity index (χ0n) is 20.1. The van der Waals surface area contributed by atoms with Gasteiger partial charge in [-0.05, 0) is 54.5 Å². The topological polar surface area (TPSA) is 95.1 Å². The van der Waals surface area contributed by atoms with Gasteiger partial charge in [0.25, 0.3) is 0 Å². The third-order valence-corrected chi connectivity index (χ3v) is 6.43. The van der Waals surface area contributed by atoms with Crippen LogP contribution < -0.4 is 15.9 Å². The Labute approximate surface area is 200 Å². The number of ether oxygens (including phenoxy) is 1. The number of nitrogens with zero attached hydrogens (tertiary/aromatic N) is 3. The summed E-state index contributed by atoms with van der Waals surface area (Å²) in [6.07, 6.45) is 0. The van der Waals surface area contributed by atoms with Crippen LogP contribution in [0.15, 0.2) is 47.6 Å². The molecular formula is C25H33N5O2S. The summed E-state index contributed by atoms with van der Waals surface area (Å²) in [5.41, 5.74) is 4.18. The fourth-order valence-corrected chi connectivity index (χ4v) is 4.22. The molecule has 0 aliphatic carbocycles. The van der Waals surface area contributed by atoms with Crippen LogP contribution in [0.2, 0.25) is 0 Å². The molecule has 0 fully saturated rings. The molecule has 1 heterocycles. The van der Waals surface area contributed by atoms with E-state index in [1.807, 2.05) is 44.2 Å². The largest absolute Gasteiger partial charge is 0.485 e. The first-order valence-corrected chi connectivity index (χ1v) is 12.0. The Bertz CT molecular complexity index is 1110. The number of aromatic nitrogens is 3. The van der Waals surface area contributed by atoms with Crippen molar-refractivity contribution in [3.63, 3.8) is 0 Å². The molecule has 8 heteroatoms. The number of carbonyl (C=O) groups is 1. The van der Waals surface area contributed by atoms with Crippen molar-refractivity contribution in [1.82, 2.24) is 14.9 Å². The Hall–Kier alpha value is -3.00. The van der Waals surface area contributed by atoms with E-state index >= 15 is 0 Å². The predicted molar refractivity (Wildman–Crippen MR) is 134 cm³/mol. The number of anilines is 1. The summed E-state index contributed by atoms with van der Waals surface area (Å²) in [6, 6.07) is 14.0. The van der Waals surface area contributed by atoms with Crippen LogP contribution in [0.25, 0.3) is 0 Å². The lowest BCUT2D eigenvalue weighted by Crippen LogP contribution is -2.24. The van der Waals surface area contributed by atoms with Gasteiger partial charge in [-0.3, -0.25) is 4.79 Å². The molecule has 3 aromatic rings. The summed E-state index contributed by atoms with van der Waals surface area (Å²) < 4.78 is 7.42. The van der Waals surface area contributed by atoms with Crippen LogP contribution in [0, 0.1) is 6.92 Å². The van der Waals surface area contributed by atoms with Gasteiger partial charge >= 0.3 is 0 Å². The number of para-hydroxylation sites is 1. The molecule has 1 unspecified atom stereocenters. The second-order valence-electron chi connectivity index (χ2n) is 8.74.